The molecule has 0 spiro atoms. The number of benzene rings is 2. The van der Waals surface area contributed by atoms with E-state index in [-0.39, 0.29) is 10.8 Å². The summed E-state index contributed by atoms with van der Waals surface area (Å²) in [7, 11) is -3.70. The third kappa shape index (κ3) is 4.73. The maximum absolute atomic E-state index is 13.0. The van der Waals surface area contributed by atoms with Crippen molar-refractivity contribution in [3.63, 3.8) is 0 Å². The molecule has 30 heavy (non-hydrogen) atoms. The summed E-state index contributed by atoms with van der Waals surface area (Å²) in [5.74, 6) is -0.282. The Morgan fingerprint density at radius 1 is 1.03 bits per heavy atom. The Bertz CT molecular complexity index is 975. The van der Waals surface area contributed by atoms with Crippen molar-refractivity contribution < 1.29 is 17.9 Å². The number of amides is 1. The summed E-state index contributed by atoms with van der Waals surface area (Å²) in [5.41, 5.74) is 1.80. The molecule has 2 aromatic carbocycles. The number of hydrogen-bond donors (Lipinski definition) is 1. The number of carbonyl (C=O) groups is 1. The SMILES string of the molecule is O=C(Nc1cccc(CN2CCOCC2)c1)C1CCCN1S(=O)(=O)c1ccccc1. The lowest BCUT2D eigenvalue weighted by atomic mass is 10.1. The van der Waals surface area contributed by atoms with Crippen molar-refractivity contribution in [2.24, 2.45) is 0 Å². The highest BCUT2D eigenvalue weighted by molar-refractivity contribution is 7.89. The van der Waals surface area contributed by atoms with Crippen molar-refractivity contribution in [2.75, 3.05) is 38.2 Å². The number of sulfonamides is 1. The average molecular weight is 430 g/mol. The van der Waals surface area contributed by atoms with Crippen LogP contribution in [0.1, 0.15) is 18.4 Å². The molecule has 2 aliphatic heterocycles. The Hall–Kier alpha value is -2.26. The van der Waals surface area contributed by atoms with Crippen molar-refractivity contribution in [1.29, 1.82) is 0 Å². The first-order valence-electron chi connectivity index (χ1n) is 10.3. The molecular formula is C22H27N3O4S. The first kappa shape index (κ1) is 21.0. The molecule has 0 aromatic heterocycles. The molecule has 8 heteroatoms. The molecule has 1 amide bonds. The van der Waals surface area contributed by atoms with E-state index in [0.29, 0.717) is 25.1 Å². The molecule has 2 saturated heterocycles. The number of hydrogen-bond acceptors (Lipinski definition) is 5. The summed E-state index contributed by atoms with van der Waals surface area (Å²) in [6.45, 7) is 4.42. The van der Waals surface area contributed by atoms with Gasteiger partial charge in [0.25, 0.3) is 0 Å². The second kappa shape index (κ2) is 9.26. The average Bonchev–Trinajstić information content (AvgIpc) is 3.27. The molecule has 2 aromatic rings. The van der Waals surface area contributed by atoms with E-state index in [0.717, 1.165) is 38.4 Å². The molecule has 4 rings (SSSR count). The van der Waals surface area contributed by atoms with Gasteiger partial charge in [-0.1, -0.05) is 30.3 Å². The van der Waals surface area contributed by atoms with Crippen molar-refractivity contribution in [3.05, 3.63) is 60.2 Å². The van der Waals surface area contributed by atoms with Crippen LogP contribution in [-0.2, 0) is 26.1 Å². The van der Waals surface area contributed by atoms with E-state index in [1.165, 1.54) is 4.31 Å². The number of carbonyl (C=O) groups excluding carboxylic acids is 1. The molecule has 0 saturated carbocycles. The quantitative estimate of drug-likeness (QED) is 0.762. The van der Waals surface area contributed by atoms with Crippen LogP contribution in [0.4, 0.5) is 5.69 Å². The number of rotatable bonds is 6. The van der Waals surface area contributed by atoms with E-state index in [1.54, 1.807) is 30.3 Å². The van der Waals surface area contributed by atoms with Crippen molar-refractivity contribution in [2.45, 2.75) is 30.3 Å². The van der Waals surface area contributed by atoms with Gasteiger partial charge in [0.05, 0.1) is 18.1 Å². The van der Waals surface area contributed by atoms with Gasteiger partial charge in [-0.15, -0.1) is 0 Å². The van der Waals surface area contributed by atoms with Gasteiger partial charge in [-0.3, -0.25) is 9.69 Å². The Morgan fingerprint density at radius 2 is 1.80 bits per heavy atom. The van der Waals surface area contributed by atoms with E-state index < -0.39 is 16.1 Å². The highest BCUT2D eigenvalue weighted by Gasteiger charge is 2.39. The molecule has 7 nitrogen and oxygen atoms in total. The summed E-state index contributed by atoms with van der Waals surface area (Å²) in [4.78, 5) is 15.5. The minimum Gasteiger partial charge on any atom is -0.379 e. The topological polar surface area (TPSA) is 79.0 Å². The van der Waals surface area contributed by atoms with Crippen molar-refractivity contribution in [3.8, 4) is 0 Å². The van der Waals surface area contributed by atoms with Gasteiger partial charge in [0.2, 0.25) is 15.9 Å². The lowest BCUT2D eigenvalue weighted by Crippen LogP contribution is -2.43. The zero-order valence-electron chi connectivity index (χ0n) is 16.9. The van der Waals surface area contributed by atoms with Gasteiger partial charge < -0.3 is 10.1 Å². The molecule has 0 bridgehead atoms. The third-order valence-corrected chi connectivity index (χ3v) is 7.48. The second-order valence-electron chi connectivity index (χ2n) is 7.66. The minimum absolute atomic E-state index is 0.220. The maximum Gasteiger partial charge on any atom is 0.243 e. The zero-order valence-corrected chi connectivity index (χ0v) is 17.7. The van der Waals surface area contributed by atoms with Gasteiger partial charge in [0.1, 0.15) is 6.04 Å². The van der Waals surface area contributed by atoms with Gasteiger partial charge in [-0.2, -0.15) is 4.31 Å². The Morgan fingerprint density at radius 3 is 2.57 bits per heavy atom. The van der Waals surface area contributed by atoms with Crippen LogP contribution in [0.25, 0.3) is 0 Å². The fraction of sp³-hybridized carbons (Fsp3) is 0.409. The number of anilines is 1. The van der Waals surface area contributed by atoms with E-state index in [9.17, 15) is 13.2 Å². The van der Waals surface area contributed by atoms with Crippen LogP contribution < -0.4 is 5.32 Å². The molecular weight excluding hydrogens is 402 g/mol. The predicted molar refractivity (Wildman–Crippen MR) is 115 cm³/mol. The summed E-state index contributed by atoms with van der Waals surface area (Å²) in [5, 5.41) is 2.93. The largest absolute Gasteiger partial charge is 0.379 e. The number of nitrogens with zero attached hydrogens (tertiary/aromatic N) is 2. The summed E-state index contributed by atoms with van der Waals surface area (Å²) in [6, 6.07) is 15.3. The third-order valence-electron chi connectivity index (χ3n) is 5.56. The van der Waals surface area contributed by atoms with Gasteiger partial charge >= 0.3 is 0 Å². The van der Waals surface area contributed by atoms with Gasteiger partial charge in [-0.05, 0) is 42.7 Å². The highest BCUT2D eigenvalue weighted by atomic mass is 32.2. The van der Waals surface area contributed by atoms with Crippen LogP contribution in [-0.4, -0.2) is 62.4 Å². The fourth-order valence-electron chi connectivity index (χ4n) is 4.01. The van der Waals surface area contributed by atoms with E-state index in [2.05, 4.69) is 10.2 Å². The van der Waals surface area contributed by atoms with Crippen LogP contribution in [0.3, 0.4) is 0 Å². The van der Waals surface area contributed by atoms with Crippen LogP contribution >= 0.6 is 0 Å². The van der Waals surface area contributed by atoms with Crippen molar-refractivity contribution in [1.82, 2.24) is 9.21 Å². The van der Waals surface area contributed by atoms with Crippen LogP contribution in [0.15, 0.2) is 59.5 Å². The Labute approximate surface area is 177 Å². The molecule has 1 atom stereocenters. The lowest BCUT2D eigenvalue weighted by molar-refractivity contribution is -0.119. The fourth-order valence-corrected chi connectivity index (χ4v) is 5.69. The summed E-state index contributed by atoms with van der Waals surface area (Å²) < 4.78 is 32.7. The molecule has 2 aliphatic rings. The van der Waals surface area contributed by atoms with E-state index in [4.69, 9.17) is 4.74 Å². The molecule has 160 valence electrons. The molecule has 1 N–H and O–H groups in total. The predicted octanol–water partition coefficient (Wildman–Crippen LogP) is 2.31. The monoisotopic (exact) mass is 429 g/mol. The second-order valence-corrected chi connectivity index (χ2v) is 9.56. The Kier molecular flexibility index (Phi) is 6.48. The maximum atomic E-state index is 13.0. The first-order chi connectivity index (χ1) is 14.5. The summed E-state index contributed by atoms with van der Waals surface area (Å²) >= 11 is 0. The first-order valence-corrected chi connectivity index (χ1v) is 11.7. The molecule has 0 aliphatic carbocycles. The van der Waals surface area contributed by atoms with E-state index >= 15 is 0 Å². The van der Waals surface area contributed by atoms with Gasteiger partial charge in [0.15, 0.2) is 0 Å². The smallest absolute Gasteiger partial charge is 0.243 e. The highest BCUT2D eigenvalue weighted by Crippen LogP contribution is 2.27. The lowest BCUT2D eigenvalue weighted by Gasteiger charge is -2.27. The normalized spacial score (nSPS) is 20.9. The molecule has 2 fully saturated rings. The zero-order chi connectivity index (χ0) is 21.0. The number of nitrogens with one attached hydrogen (secondary N) is 1. The molecule has 1 unspecified atom stereocenters. The van der Waals surface area contributed by atoms with Crippen LogP contribution in [0, 0.1) is 0 Å². The number of morpholine rings is 1. The Balaban J connectivity index is 1.45. The van der Waals surface area contributed by atoms with Gasteiger partial charge in [-0.25, -0.2) is 8.42 Å². The van der Waals surface area contributed by atoms with Gasteiger partial charge in [0, 0.05) is 31.9 Å². The van der Waals surface area contributed by atoms with E-state index in [1.807, 2.05) is 24.3 Å². The number of ether oxygens (including phenoxy) is 1. The molecule has 2 heterocycles. The molecule has 0 radical (unpaired) electrons. The van der Waals surface area contributed by atoms with Crippen molar-refractivity contribution >= 4 is 21.6 Å². The van der Waals surface area contributed by atoms with Crippen LogP contribution in [0.5, 0.6) is 0 Å². The van der Waals surface area contributed by atoms with Crippen LogP contribution in [0.2, 0.25) is 0 Å². The standard InChI is InChI=1S/C22H27N3O4S/c26-22(21-10-5-11-25(21)30(27,28)20-8-2-1-3-9-20)23-19-7-4-6-18(16-19)17-24-12-14-29-15-13-24/h1-4,6-9,16,21H,5,10-15,17H2,(H,23,26). The minimum atomic E-state index is -3.70. The summed E-state index contributed by atoms with van der Waals surface area (Å²) in [6.07, 6.45) is 1.19.